The number of methoxy groups -OCH3 is 1. The summed E-state index contributed by atoms with van der Waals surface area (Å²) in [4.78, 5) is 12.5. The maximum absolute atomic E-state index is 12.5. The number of thioether (sulfide) groups is 1. The van der Waals surface area contributed by atoms with E-state index in [1.165, 1.54) is 17.3 Å². The van der Waals surface area contributed by atoms with Crippen molar-refractivity contribution in [3.63, 3.8) is 0 Å². The first-order valence-electron chi connectivity index (χ1n) is 9.58. The third kappa shape index (κ3) is 4.98. The lowest BCUT2D eigenvalue weighted by molar-refractivity contribution is -0.119. The molecule has 1 unspecified atom stereocenters. The number of amides is 1. The summed E-state index contributed by atoms with van der Waals surface area (Å²) in [5.74, 6) is 0.960. The van der Waals surface area contributed by atoms with E-state index in [2.05, 4.69) is 28.5 Å². The first-order chi connectivity index (χ1) is 14.0. The summed E-state index contributed by atoms with van der Waals surface area (Å²) >= 11 is 1.37. The van der Waals surface area contributed by atoms with Crippen molar-refractivity contribution in [1.29, 1.82) is 0 Å². The molecular weight excluding hydrogens is 384 g/mol. The molecule has 1 aromatic heterocycles. The lowest BCUT2D eigenvalue weighted by Crippen LogP contribution is -2.28. The van der Waals surface area contributed by atoms with Crippen molar-refractivity contribution in [2.75, 3.05) is 12.9 Å². The molecule has 0 saturated heterocycles. The Morgan fingerprint density at radius 1 is 1.28 bits per heavy atom. The van der Waals surface area contributed by atoms with Gasteiger partial charge in [-0.05, 0) is 38.0 Å². The van der Waals surface area contributed by atoms with Crippen molar-refractivity contribution >= 4 is 17.7 Å². The van der Waals surface area contributed by atoms with E-state index < -0.39 is 0 Å². The topological polar surface area (TPSA) is 69.0 Å². The fourth-order valence-corrected chi connectivity index (χ4v) is 3.95. The van der Waals surface area contributed by atoms with E-state index in [1.54, 1.807) is 13.4 Å². The second-order valence-corrected chi connectivity index (χ2v) is 7.73. The molecular formula is C22H26N4O2S. The van der Waals surface area contributed by atoms with Crippen LogP contribution in [0.4, 0.5) is 0 Å². The Morgan fingerprint density at radius 2 is 2.07 bits per heavy atom. The standard InChI is InChI=1S/C22H26N4O2S/c1-5-17-8-6-7-9-19(17)26-14-23-25-22(26)29-13-21(27)24-16(3)18-12-15(2)10-11-20(18)28-4/h6-12,14,16H,5,13H2,1-4H3,(H,24,27). The molecule has 2 aromatic carbocycles. The molecule has 3 aromatic rings. The maximum atomic E-state index is 12.5. The SMILES string of the molecule is CCc1ccccc1-n1cnnc1SCC(=O)NC(C)c1cc(C)ccc1OC. The Hall–Kier alpha value is -2.80. The highest BCUT2D eigenvalue weighted by molar-refractivity contribution is 7.99. The summed E-state index contributed by atoms with van der Waals surface area (Å²) in [6.07, 6.45) is 2.60. The van der Waals surface area contributed by atoms with Gasteiger partial charge in [-0.1, -0.05) is 54.6 Å². The first-order valence-corrected chi connectivity index (χ1v) is 10.6. The van der Waals surface area contributed by atoms with Crippen LogP contribution in [-0.4, -0.2) is 33.5 Å². The van der Waals surface area contributed by atoms with E-state index in [-0.39, 0.29) is 17.7 Å². The quantitative estimate of drug-likeness (QED) is 0.566. The van der Waals surface area contributed by atoms with Gasteiger partial charge >= 0.3 is 0 Å². The molecule has 0 bridgehead atoms. The van der Waals surface area contributed by atoms with Crippen LogP contribution in [0.2, 0.25) is 0 Å². The van der Waals surface area contributed by atoms with Crippen LogP contribution in [-0.2, 0) is 11.2 Å². The average molecular weight is 411 g/mol. The van der Waals surface area contributed by atoms with Crippen LogP contribution in [0.25, 0.3) is 5.69 Å². The molecule has 29 heavy (non-hydrogen) atoms. The number of hydrogen-bond acceptors (Lipinski definition) is 5. The Kier molecular flexibility index (Phi) is 6.93. The second kappa shape index (κ2) is 9.60. The van der Waals surface area contributed by atoms with Crippen molar-refractivity contribution in [3.05, 3.63) is 65.5 Å². The van der Waals surface area contributed by atoms with Crippen LogP contribution in [0.5, 0.6) is 5.75 Å². The fraction of sp³-hybridized carbons (Fsp3) is 0.318. The zero-order valence-electron chi connectivity index (χ0n) is 17.2. The highest BCUT2D eigenvalue weighted by atomic mass is 32.2. The third-order valence-corrected chi connectivity index (χ3v) is 5.65. The van der Waals surface area contributed by atoms with Gasteiger partial charge in [-0.25, -0.2) is 0 Å². The number of carbonyl (C=O) groups excluding carboxylic acids is 1. The molecule has 0 spiro atoms. The van der Waals surface area contributed by atoms with Gasteiger partial charge in [0.15, 0.2) is 5.16 Å². The Bertz CT molecular complexity index is 986. The third-order valence-electron chi connectivity index (χ3n) is 4.71. The molecule has 1 N–H and O–H groups in total. The summed E-state index contributed by atoms with van der Waals surface area (Å²) in [6.45, 7) is 6.10. The molecule has 0 aliphatic carbocycles. The Morgan fingerprint density at radius 3 is 2.83 bits per heavy atom. The molecule has 1 amide bonds. The van der Waals surface area contributed by atoms with Crippen LogP contribution >= 0.6 is 11.8 Å². The number of para-hydroxylation sites is 1. The average Bonchev–Trinajstić information content (AvgIpc) is 3.20. The van der Waals surface area contributed by atoms with E-state index in [9.17, 15) is 4.79 Å². The van der Waals surface area contributed by atoms with Crippen molar-refractivity contribution in [1.82, 2.24) is 20.1 Å². The van der Waals surface area contributed by atoms with Gasteiger partial charge in [-0.2, -0.15) is 0 Å². The Balaban J connectivity index is 1.67. The molecule has 7 heteroatoms. The molecule has 0 radical (unpaired) electrons. The summed E-state index contributed by atoms with van der Waals surface area (Å²) in [6, 6.07) is 13.9. The lowest BCUT2D eigenvalue weighted by Gasteiger charge is -2.18. The second-order valence-electron chi connectivity index (χ2n) is 6.79. The number of aromatic nitrogens is 3. The van der Waals surface area contributed by atoms with Crippen molar-refractivity contribution in [3.8, 4) is 11.4 Å². The van der Waals surface area contributed by atoms with Crippen LogP contribution in [0.3, 0.4) is 0 Å². The highest BCUT2D eigenvalue weighted by Gasteiger charge is 2.16. The van der Waals surface area contributed by atoms with E-state index in [0.29, 0.717) is 5.16 Å². The number of nitrogens with zero attached hydrogens (tertiary/aromatic N) is 3. The molecule has 152 valence electrons. The number of aryl methyl sites for hydroxylation is 2. The number of carbonyl (C=O) groups is 1. The molecule has 0 fully saturated rings. The van der Waals surface area contributed by atoms with E-state index in [4.69, 9.17) is 4.74 Å². The molecule has 3 rings (SSSR count). The Labute approximate surface area is 175 Å². The fourth-order valence-electron chi connectivity index (χ4n) is 3.22. The minimum atomic E-state index is -0.156. The molecule has 6 nitrogen and oxygen atoms in total. The van der Waals surface area contributed by atoms with E-state index >= 15 is 0 Å². The molecule has 1 atom stereocenters. The molecule has 1 heterocycles. The summed E-state index contributed by atoms with van der Waals surface area (Å²) in [5.41, 5.74) is 4.34. The number of hydrogen-bond donors (Lipinski definition) is 1. The van der Waals surface area contributed by atoms with Gasteiger partial charge in [-0.3, -0.25) is 9.36 Å². The van der Waals surface area contributed by atoms with E-state index in [0.717, 1.165) is 29.0 Å². The normalized spacial score (nSPS) is 11.9. The molecule has 0 aliphatic rings. The summed E-state index contributed by atoms with van der Waals surface area (Å²) in [5, 5.41) is 12.0. The van der Waals surface area contributed by atoms with Gasteiger partial charge in [0, 0.05) is 5.56 Å². The van der Waals surface area contributed by atoms with Gasteiger partial charge in [0.2, 0.25) is 5.91 Å². The number of ether oxygens (including phenoxy) is 1. The van der Waals surface area contributed by atoms with Crippen LogP contribution in [0.15, 0.2) is 53.9 Å². The van der Waals surface area contributed by atoms with Crippen LogP contribution < -0.4 is 10.1 Å². The maximum Gasteiger partial charge on any atom is 0.230 e. The van der Waals surface area contributed by atoms with Crippen molar-refractivity contribution in [2.45, 2.75) is 38.4 Å². The first kappa shape index (κ1) is 20.9. The van der Waals surface area contributed by atoms with Crippen molar-refractivity contribution < 1.29 is 9.53 Å². The number of rotatable bonds is 8. The van der Waals surface area contributed by atoms with Gasteiger partial charge in [-0.15, -0.1) is 10.2 Å². The largest absolute Gasteiger partial charge is 0.496 e. The predicted molar refractivity (Wildman–Crippen MR) is 116 cm³/mol. The van der Waals surface area contributed by atoms with Crippen LogP contribution in [0, 0.1) is 6.92 Å². The summed E-state index contributed by atoms with van der Waals surface area (Å²) < 4.78 is 7.36. The highest BCUT2D eigenvalue weighted by Crippen LogP contribution is 2.27. The van der Waals surface area contributed by atoms with Crippen molar-refractivity contribution in [2.24, 2.45) is 0 Å². The monoisotopic (exact) mass is 410 g/mol. The minimum absolute atomic E-state index is 0.0654. The number of nitrogens with one attached hydrogen (secondary N) is 1. The smallest absolute Gasteiger partial charge is 0.230 e. The zero-order valence-corrected chi connectivity index (χ0v) is 18.0. The van der Waals surface area contributed by atoms with E-state index in [1.807, 2.05) is 54.8 Å². The number of benzene rings is 2. The minimum Gasteiger partial charge on any atom is -0.496 e. The lowest BCUT2D eigenvalue weighted by atomic mass is 10.0. The molecule has 0 aliphatic heterocycles. The molecule has 0 saturated carbocycles. The van der Waals surface area contributed by atoms with Crippen LogP contribution in [0.1, 0.15) is 36.6 Å². The van der Waals surface area contributed by atoms with Gasteiger partial charge in [0.1, 0.15) is 12.1 Å². The van der Waals surface area contributed by atoms with Gasteiger partial charge in [0.25, 0.3) is 0 Å². The summed E-state index contributed by atoms with van der Waals surface area (Å²) in [7, 11) is 1.64. The van der Waals surface area contributed by atoms with Gasteiger partial charge < -0.3 is 10.1 Å². The zero-order chi connectivity index (χ0) is 20.8. The predicted octanol–water partition coefficient (Wildman–Crippen LogP) is 4.12. The van der Waals surface area contributed by atoms with Gasteiger partial charge in [0.05, 0.1) is 24.6 Å².